The summed E-state index contributed by atoms with van der Waals surface area (Å²) in [4.78, 5) is 11.0. The fourth-order valence-electron chi connectivity index (χ4n) is 2.54. The standard InChI is InChI=1S/C16H23NO2/c1-12-5-7-13(8-6-12)14-10-15(11-14)17-9-3-4-16(18)19-2/h5-8,14-15,17H,3-4,9-11H2,1-2H3. The summed E-state index contributed by atoms with van der Waals surface area (Å²) in [7, 11) is 1.44. The van der Waals surface area contributed by atoms with Crippen molar-refractivity contribution >= 4 is 5.97 Å². The van der Waals surface area contributed by atoms with E-state index in [4.69, 9.17) is 0 Å². The second-order valence-electron chi connectivity index (χ2n) is 5.41. The van der Waals surface area contributed by atoms with Gasteiger partial charge in [-0.05, 0) is 44.2 Å². The Kier molecular flexibility index (Phi) is 4.97. The van der Waals surface area contributed by atoms with Crippen LogP contribution in [0.2, 0.25) is 0 Å². The van der Waals surface area contributed by atoms with E-state index in [-0.39, 0.29) is 5.97 Å². The van der Waals surface area contributed by atoms with E-state index in [1.165, 1.54) is 31.1 Å². The topological polar surface area (TPSA) is 38.3 Å². The smallest absolute Gasteiger partial charge is 0.305 e. The van der Waals surface area contributed by atoms with Crippen LogP contribution >= 0.6 is 0 Å². The summed E-state index contributed by atoms with van der Waals surface area (Å²) in [6.07, 6.45) is 3.79. The van der Waals surface area contributed by atoms with Crippen molar-refractivity contribution in [1.29, 1.82) is 0 Å². The number of ether oxygens (including phenoxy) is 1. The van der Waals surface area contributed by atoms with E-state index < -0.39 is 0 Å². The van der Waals surface area contributed by atoms with E-state index in [0.29, 0.717) is 18.4 Å². The minimum atomic E-state index is -0.118. The second-order valence-corrected chi connectivity index (χ2v) is 5.41. The molecule has 0 radical (unpaired) electrons. The van der Waals surface area contributed by atoms with Gasteiger partial charge in [-0.15, -0.1) is 0 Å². The summed E-state index contributed by atoms with van der Waals surface area (Å²) in [5.41, 5.74) is 2.78. The molecule has 0 spiro atoms. The molecule has 1 saturated carbocycles. The molecular formula is C16H23NO2. The van der Waals surface area contributed by atoms with Gasteiger partial charge in [-0.25, -0.2) is 0 Å². The normalized spacial score (nSPS) is 21.8. The van der Waals surface area contributed by atoms with Crippen molar-refractivity contribution in [3.8, 4) is 0 Å². The number of esters is 1. The summed E-state index contributed by atoms with van der Waals surface area (Å²) >= 11 is 0. The summed E-state index contributed by atoms with van der Waals surface area (Å²) in [5, 5.41) is 3.50. The van der Waals surface area contributed by atoms with Gasteiger partial charge in [0.05, 0.1) is 7.11 Å². The molecule has 104 valence electrons. The van der Waals surface area contributed by atoms with E-state index in [1.54, 1.807) is 0 Å². The highest BCUT2D eigenvalue weighted by atomic mass is 16.5. The monoisotopic (exact) mass is 261 g/mol. The molecule has 0 unspecified atom stereocenters. The summed E-state index contributed by atoms with van der Waals surface area (Å²) < 4.78 is 4.62. The fraction of sp³-hybridized carbons (Fsp3) is 0.562. The molecule has 3 heteroatoms. The van der Waals surface area contributed by atoms with Crippen molar-refractivity contribution in [2.75, 3.05) is 13.7 Å². The van der Waals surface area contributed by atoms with Gasteiger partial charge >= 0.3 is 5.97 Å². The molecule has 0 bridgehead atoms. The number of carbonyl (C=O) groups excluding carboxylic acids is 1. The zero-order valence-electron chi connectivity index (χ0n) is 11.8. The van der Waals surface area contributed by atoms with Gasteiger partial charge in [0.2, 0.25) is 0 Å². The van der Waals surface area contributed by atoms with E-state index >= 15 is 0 Å². The van der Waals surface area contributed by atoms with Crippen LogP contribution in [0.3, 0.4) is 0 Å². The van der Waals surface area contributed by atoms with Gasteiger partial charge in [0, 0.05) is 12.5 Å². The molecule has 1 fully saturated rings. The van der Waals surface area contributed by atoms with E-state index in [2.05, 4.69) is 41.2 Å². The number of benzene rings is 1. The first-order valence-electron chi connectivity index (χ1n) is 7.06. The average Bonchev–Trinajstić information content (AvgIpc) is 2.37. The molecule has 1 aromatic carbocycles. The molecule has 1 N–H and O–H groups in total. The van der Waals surface area contributed by atoms with Gasteiger partial charge < -0.3 is 10.1 Å². The van der Waals surface area contributed by atoms with Gasteiger partial charge in [-0.3, -0.25) is 4.79 Å². The second kappa shape index (κ2) is 6.71. The molecule has 0 amide bonds. The van der Waals surface area contributed by atoms with Gasteiger partial charge in [-0.2, -0.15) is 0 Å². The maximum absolute atomic E-state index is 11.0. The summed E-state index contributed by atoms with van der Waals surface area (Å²) in [6.45, 7) is 3.02. The molecule has 1 aliphatic carbocycles. The zero-order chi connectivity index (χ0) is 13.7. The molecule has 0 aliphatic heterocycles. The van der Waals surface area contributed by atoms with Crippen LogP contribution < -0.4 is 5.32 Å². The van der Waals surface area contributed by atoms with Crippen molar-refractivity contribution < 1.29 is 9.53 Å². The molecule has 2 rings (SSSR count). The number of hydrogen-bond donors (Lipinski definition) is 1. The number of aryl methyl sites for hydroxylation is 1. The molecule has 0 heterocycles. The highest BCUT2D eigenvalue weighted by Crippen LogP contribution is 2.36. The highest BCUT2D eigenvalue weighted by Gasteiger charge is 2.29. The Morgan fingerprint density at radius 1 is 1.32 bits per heavy atom. The minimum Gasteiger partial charge on any atom is -0.469 e. The molecular weight excluding hydrogens is 238 g/mol. The largest absolute Gasteiger partial charge is 0.469 e. The first-order chi connectivity index (χ1) is 9.19. The van der Waals surface area contributed by atoms with Gasteiger partial charge in [0.25, 0.3) is 0 Å². The third-order valence-corrected chi connectivity index (χ3v) is 3.91. The number of rotatable bonds is 6. The van der Waals surface area contributed by atoms with Crippen molar-refractivity contribution in [2.45, 2.75) is 44.6 Å². The minimum absolute atomic E-state index is 0.118. The third-order valence-electron chi connectivity index (χ3n) is 3.91. The third kappa shape index (κ3) is 4.06. The number of hydrogen-bond acceptors (Lipinski definition) is 3. The Labute approximate surface area is 115 Å². The molecule has 0 saturated heterocycles. The van der Waals surface area contributed by atoms with Crippen LogP contribution in [0.4, 0.5) is 0 Å². The van der Waals surface area contributed by atoms with Crippen LogP contribution in [0.5, 0.6) is 0 Å². The molecule has 0 atom stereocenters. The van der Waals surface area contributed by atoms with E-state index in [0.717, 1.165) is 13.0 Å². The van der Waals surface area contributed by atoms with Crippen LogP contribution in [0.1, 0.15) is 42.7 Å². The quantitative estimate of drug-likeness (QED) is 0.632. The maximum Gasteiger partial charge on any atom is 0.305 e. The molecule has 3 nitrogen and oxygen atoms in total. The fourth-order valence-corrected chi connectivity index (χ4v) is 2.54. The van der Waals surface area contributed by atoms with E-state index in [1.807, 2.05) is 0 Å². The van der Waals surface area contributed by atoms with Crippen LogP contribution in [0.15, 0.2) is 24.3 Å². The Bertz CT molecular complexity index is 407. The average molecular weight is 261 g/mol. The summed E-state index contributed by atoms with van der Waals surface area (Å²) in [6, 6.07) is 9.48. The van der Waals surface area contributed by atoms with Crippen molar-refractivity contribution in [2.24, 2.45) is 0 Å². The lowest BCUT2D eigenvalue weighted by Gasteiger charge is -2.36. The highest BCUT2D eigenvalue weighted by molar-refractivity contribution is 5.69. The Morgan fingerprint density at radius 2 is 2.00 bits per heavy atom. The lowest BCUT2D eigenvalue weighted by Crippen LogP contribution is -2.40. The Hall–Kier alpha value is -1.35. The van der Waals surface area contributed by atoms with Crippen LogP contribution in [0.25, 0.3) is 0 Å². The number of carbonyl (C=O) groups is 1. The first-order valence-corrected chi connectivity index (χ1v) is 7.06. The lowest BCUT2D eigenvalue weighted by molar-refractivity contribution is -0.140. The van der Waals surface area contributed by atoms with Gasteiger partial charge in [0.15, 0.2) is 0 Å². The van der Waals surface area contributed by atoms with E-state index in [9.17, 15) is 4.79 Å². The van der Waals surface area contributed by atoms with Crippen LogP contribution in [-0.2, 0) is 9.53 Å². The Morgan fingerprint density at radius 3 is 2.63 bits per heavy atom. The van der Waals surface area contributed by atoms with Crippen molar-refractivity contribution in [1.82, 2.24) is 5.32 Å². The van der Waals surface area contributed by atoms with Crippen molar-refractivity contribution in [3.05, 3.63) is 35.4 Å². The molecule has 19 heavy (non-hydrogen) atoms. The lowest BCUT2D eigenvalue weighted by atomic mass is 9.76. The molecule has 1 aliphatic rings. The SMILES string of the molecule is COC(=O)CCCNC1CC(c2ccc(C)cc2)C1. The zero-order valence-corrected chi connectivity index (χ0v) is 11.8. The maximum atomic E-state index is 11.0. The van der Waals surface area contributed by atoms with Gasteiger partial charge in [0.1, 0.15) is 0 Å². The van der Waals surface area contributed by atoms with Crippen LogP contribution in [-0.4, -0.2) is 25.7 Å². The molecule has 1 aromatic rings. The summed E-state index contributed by atoms with van der Waals surface area (Å²) in [5.74, 6) is 0.589. The first kappa shape index (κ1) is 14.1. The predicted molar refractivity (Wildman–Crippen MR) is 76.2 cm³/mol. The van der Waals surface area contributed by atoms with Crippen molar-refractivity contribution in [3.63, 3.8) is 0 Å². The van der Waals surface area contributed by atoms with Gasteiger partial charge in [-0.1, -0.05) is 29.8 Å². The van der Waals surface area contributed by atoms with Crippen LogP contribution in [0, 0.1) is 6.92 Å². The Balaban J connectivity index is 1.61. The predicted octanol–water partition coefficient (Wildman–Crippen LogP) is 2.78. The molecule has 0 aromatic heterocycles. The number of nitrogens with one attached hydrogen (secondary N) is 1. The number of methoxy groups -OCH3 is 1.